The minimum Gasteiger partial charge on any atom is -0.166 e. The van der Waals surface area contributed by atoms with Gasteiger partial charge in [-0.25, -0.2) is 0 Å². The fourth-order valence-electron chi connectivity index (χ4n) is 0.0354. The maximum atomic E-state index is 3.78. The van der Waals surface area contributed by atoms with Gasteiger partial charge in [0.05, 0.1) is 5.75 Å². The number of hydrogen-bond donors (Lipinski definition) is 2. The van der Waals surface area contributed by atoms with Gasteiger partial charge in [-0.2, -0.15) is 12.6 Å². The highest BCUT2D eigenvalue weighted by atomic mass is 32.1. The summed E-state index contributed by atoms with van der Waals surface area (Å²) in [4.78, 5) is 0. The molecule has 0 unspecified atom stereocenters. The number of hydrogen-bond acceptors (Lipinski definition) is 2. The molecule has 0 saturated heterocycles. The molecule has 0 N–H and O–H groups in total. The molecule has 0 spiro atoms. The molecule has 0 amide bonds. The lowest BCUT2D eigenvalue weighted by molar-refractivity contribution is 1.99. The minimum atomic E-state index is 0.601. The Balaban J connectivity index is 2.81. The van der Waals surface area contributed by atoms with Crippen LogP contribution in [-0.2, 0) is 0 Å². The van der Waals surface area contributed by atoms with Crippen LogP contribution in [0.4, 0.5) is 0 Å². The van der Waals surface area contributed by atoms with Crippen molar-refractivity contribution in [2.24, 2.45) is 0 Å². The number of rotatable bonds is 0. The van der Waals surface area contributed by atoms with Crippen molar-refractivity contribution in [3.8, 4) is 11.2 Å². The average Bonchev–Trinajstić information content (AvgIpc) is 1.41. The van der Waals surface area contributed by atoms with Crippen molar-refractivity contribution in [3.05, 3.63) is 0 Å². The quantitative estimate of drug-likeness (QED) is 0.330. The second-order valence-corrected chi connectivity index (χ2v) is 0.987. The predicted octanol–water partition coefficient (Wildman–Crippen LogP) is 0.807. The summed E-state index contributed by atoms with van der Waals surface area (Å²) < 4.78 is 0. The van der Waals surface area contributed by atoms with E-state index in [0.717, 1.165) is 0 Å². The van der Waals surface area contributed by atoms with Crippen molar-refractivity contribution in [1.82, 2.24) is 0 Å². The first-order valence-electron chi connectivity index (χ1n) is 1.14. The van der Waals surface area contributed by atoms with Gasteiger partial charge in [0, 0.05) is 0 Å². The van der Waals surface area contributed by atoms with E-state index in [1.54, 1.807) is 0 Å². The van der Waals surface area contributed by atoms with Crippen molar-refractivity contribution in [3.63, 3.8) is 0 Å². The highest BCUT2D eigenvalue weighted by Gasteiger charge is 1.49. The first-order valence-corrected chi connectivity index (χ1v) is 2.22. The zero-order valence-corrected chi connectivity index (χ0v) is 4.39. The Morgan fingerprint density at radius 2 is 2.20 bits per heavy atom. The van der Waals surface area contributed by atoms with Crippen LogP contribution in [-0.4, -0.2) is 5.75 Å². The third kappa shape index (κ3) is 4.26. The zero-order chi connectivity index (χ0) is 4.12. The molecule has 28 valence electrons. The summed E-state index contributed by atoms with van der Waals surface area (Å²) in [6.45, 7) is 0. The lowest BCUT2D eigenvalue weighted by Gasteiger charge is -1.57. The van der Waals surface area contributed by atoms with Crippen LogP contribution in [0.1, 0.15) is 0 Å². The zero-order valence-electron chi connectivity index (χ0n) is 2.60. The van der Waals surface area contributed by atoms with Crippen LogP contribution in [0.3, 0.4) is 0 Å². The molecular weight excluding hydrogens is 100 g/mol. The van der Waals surface area contributed by atoms with E-state index in [1.165, 1.54) is 0 Å². The summed E-state index contributed by atoms with van der Waals surface area (Å²) in [5, 5.41) is 2.39. The lowest BCUT2D eigenvalue weighted by Crippen LogP contribution is -1.51. The molecule has 0 heterocycles. The van der Waals surface area contributed by atoms with Crippen molar-refractivity contribution in [2.45, 2.75) is 0 Å². The molecule has 0 bridgehead atoms. The van der Waals surface area contributed by atoms with Crippen molar-refractivity contribution in [1.29, 1.82) is 0 Å². The standard InChI is InChI=1S/C3H4S2/c4-2-1-3-5/h4-5H,2H2. The second-order valence-electron chi connectivity index (χ2n) is 0.447. The van der Waals surface area contributed by atoms with Crippen LogP contribution in [0.2, 0.25) is 0 Å². The first-order chi connectivity index (χ1) is 2.41. The highest BCUT2D eigenvalue weighted by Crippen LogP contribution is 1.66. The van der Waals surface area contributed by atoms with Crippen LogP contribution >= 0.6 is 25.3 Å². The van der Waals surface area contributed by atoms with Crippen molar-refractivity contribution < 1.29 is 0 Å². The second kappa shape index (κ2) is 4.26. The van der Waals surface area contributed by atoms with E-state index < -0.39 is 0 Å². The largest absolute Gasteiger partial charge is 0.166 e. The maximum Gasteiger partial charge on any atom is 0.0526 e. The Bertz CT molecular complexity index is 57.0. The lowest BCUT2D eigenvalue weighted by atomic mass is 10.8. The van der Waals surface area contributed by atoms with Crippen LogP contribution in [0.15, 0.2) is 0 Å². The third-order valence-electron chi connectivity index (χ3n) is 0.158. The molecule has 5 heavy (non-hydrogen) atoms. The molecule has 0 nitrogen and oxygen atoms in total. The highest BCUT2D eigenvalue weighted by molar-refractivity contribution is 7.85. The molecule has 0 rings (SSSR count). The fraction of sp³-hybridized carbons (Fsp3) is 0.333. The molecule has 0 aliphatic rings. The van der Waals surface area contributed by atoms with E-state index in [2.05, 4.69) is 36.4 Å². The van der Waals surface area contributed by atoms with Gasteiger partial charge >= 0.3 is 0 Å². The number of thiol groups is 2. The topological polar surface area (TPSA) is 0 Å². The Morgan fingerprint density at radius 3 is 2.20 bits per heavy atom. The molecule has 0 atom stereocenters. The van der Waals surface area contributed by atoms with Crippen molar-refractivity contribution in [2.75, 3.05) is 5.75 Å². The van der Waals surface area contributed by atoms with Gasteiger partial charge in [-0.15, -0.1) is 0 Å². The summed E-state index contributed by atoms with van der Waals surface area (Å²) in [6, 6.07) is 0. The Hall–Kier alpha value is 0.260. The van der Waals surface area contributed by atoms with Gasteiger partial charge in [-0.1, -0.05) is 18.5 Å². The van der Waals surface area contributed by atoms with E-state index >= 15 is 0 Å². The Morgan fingerprint density at radius 1 is 1.60 bits per heavy atom. The third-order valence-corrected chi connectivity index (χ3v) is 0.474. The van der Waals surface area contributed by atoms with E-state index in [4.69, 9.17) is 0 Å². The van der Waals surface area contributed by atoms with Gasteiger partial charge in [0.1, 0.15) is 0 Å². The maximum absolute atomic E-state index is 3.78. The van der Waals surface area contributed by atoms with E-state index in [0.29, 0.717) is 5.75 Å². The van der Waals surface area contributed by atoms with Crippen LogP contribution in [0, 0.1) is 11.2 Å². The van der Waals surface area contributed by atoms with Crippen LogP contribution in [0.25, 0.3) is 0 Å². The molecule has 0 fully saturated rings. The Labute approximate surface area is 42.8 Å². The predicted molar refractivity (Wildman–Crippen MR) is 30.6 cm³/mol. The van der Waals surface area contributed by atoms with Gasteiger partial charge in [0.25, 0.3) is 0 Å². The van der Waals surface area contributed by atoms with E-state index in [-0.39, 0.29) is 0 Å². The molecule has 0 aliphatic carbocycles. The van der Waals surface area contributed by atoms with Crippen LogP contribution in [0.5, 0.6) is 0 Å². The Kier molecular flexibility index (Phi) is 4.48. The monoisotopic (exact) mass is 104 g/mol. The van der Waals surface area contributed by atoms with Gasteiger partial charge in [0.2, 0.25) is 0 Å². The molecular formula is C3H4S2. The SMILES string of the molecule is SC#CCS. The van der Waals surface area contributed by atoms with E-state index in [9.17, 15) is 0 Å². The van der Waals surface area contributed by atoms with Gasteiger partial charge in [-0.05, 0) is 5.25 Å². The first kappa shape index (κ1) is 5.26. The molecule has 0 aromatic rings. The van der Waals surface area contributed by atoms with Crippen LogP contribution < -0.4 is 0 Å². The fourth-order valence-corrected chi connectivity index (χ4v) is 0.318. The molecule has 0 aliphatic heterocycles. The van der Waals surface area contributed by atoms with Gasteiger partial charge in [0.15, 0.2) is 0 Å². The molecule has 0 aromatic carbocycles. The summed E-state index contributed by atoms with van der Waals surface area (Å²) >= 11 is 7.37. The normalized spacial score (nSPS) is 5.20. The van der Waals surface area contributed by atoms with Gasteiger partial charge in [-0.3, -0.25) is 0 Å². The van der Waals surface area contributed by atoms with Gasteiger partial charge < -0.3 is 0 Å². The summed E-state index contributed by atoms with van der Waals surface area (Å²) in [5.41, 5.74) is 0. The minimum absolute atomic E-state index is 0.601. The molecule has 0 radical (unpaired) electrons. The average molecular weight is 104 g/mol. The molecule has 2 heteroatoms. The summed E-state index contributed by atoms with van der Waals surface area (Å²) in [5.74, 6) is 3.19. The van der Waals surface area contributed by atoms with Crippen molar-refractivity contribution >= 4 is 25.3 Å². The molecule has 0 saturated carbocycles. The summed E-state index contributed by atoms with van der Waals surface area (Å²) in [6.07, 6.45) is 0. The summed E-state index contributed by atoms with van der Waals surface area (Å²) in [7, 11) is 0. The smallest absolute Gasteiger partial charge is 0.0526 e. The molecule has 0 aromatic heterocycles. The van der Waals surface area contributed by atoms with E-state index in [1.807, 2.05) is 0 Å².